The SMILES string of the molecule is Cc1cn2ccnc(Nc3ccc(F)c([C@@]4(C(F)F)COCC(N)=N4)c3)c2n1. The minimum absolute atomic E-state index is 0.0703. The molecule has 7 nitrogen and oxygen atoms in total. The number of nitrogens with one attached hydrogen (secondary N) is 1. The van der Waals surface area contributed by atoms with Crippen molar-refractivity contribution in [2.24, 2.45) is 10.7 Å². The number of aryl methyl sites for hydroxylation is 1. The van der Waals surface area contributed by atoms with E-state index in [1.54, 1.807) is 16.8 Å². The van der Waals surface area contributed by atoms with Crippen LogP contribution in [0.1, 0.15) is 11.3 Å². The Balaban J connectivity index is 1.78. The zero-order valence-corrected chi connectivity index (χ0v) is 14.9. The zero-order chi connectivity index (χ0) is 19.9. The summed E-state index contributed by atoms with van der Waals surface area (Å²) in [4.78, 5) is 12.5. The van der Waals surface area contributed by atoms with Crippen LogP contribution in [0.5, 0.6) is 0 Å². The van der Waals surface area contributed by atoms with Crippen molar-refractivity contribution in [1.29, 1.82) is 0 Å². The summed E-state index contributed by atoms with van der Waals surface area (Å²) >= 11 is 0. The number of nitrogens with two attached hydrogens (primary N) is 1. The van der Waals surface area contributed by atoms with Crippen LogP contribution in [-0.2, 0) is 10.3 Å². The molecule has 0 saturated heterocycles. The third-order valence-corrected chi connectivity index (χ3v) is 4.47. The van der Waals surface area contributed by atoms with Gasteiger partial charge in [-0.05, 0) is 25.1 Å². The molecule has 1 aliphatic heterocycles. The first-order valence-electron chi connectivity index (χ1n) is 8.46. The molecule has 3 heterocycles. The van der Waals surface area contributed by atoms with Crippen molar-refractivity contribution in [3.63, 3.8) is 0 Å². The molecule has 0 saturated carbocycles. The molecule has 0 bridgehead atoms. The van der Waals surface area contributed by atoms with E-state index >= 15 is 0 Å². The van der Waals surface area contributed by atoms with Crippen molar-refractivity contribution >= 4 is 23.0 Å². The number of anilines is 2. The summed E-state index contributed by atoms with van der Waals surface area (Å²) in [7, 11) is 0. The fourth-order valence-corrected chi connectivity index (χ4v) is 3.20. The summed E-state index contributed by atoms with van der Waals surface area (Å²) in [5.41, 5.74) is 4.79. The monoisotopic (exact) mass is 390 g/mol. The molecular formula is C18H17F3N6O. The molecule has 28 heavy (non-hydrogen) atoms. The quantitative estimate of drug-likeness (QED) is 0.715. The molecule has 0 spiro atoms. The first-order valence-corrected chi connectivity index (χ1v) is 8.46. The fourth-order valence-electron chi connectivity index (χ4n) is 3.20. The van der Waals surface area contributed by atoms with Gasteiger partial charge in [0.15, 0.2) is 17.0 Å². The van der Waals surface area contributed by atoms with Gasteiger partial charge >= 0.3 is 0 Å². The second kappa shape index (κ2) is 6.79. The normalized spacial score (nSPS) is 19.8. The van der Waals surface area contributed by atoms with Gasteiger partial charge in [-0.2, -0.15) is 0 Å². The van der Waals surface area contributed by atoms with Crippen LogP contribution in [0.15, 0.2) is 41.8 Å². The summed E-state index contributed by atoms with van der Waals surface area (Å²) in [5, 5.41) is 3.01. The highest BCUT2D eigenvalue weighted by Crippen LogP contribution is 2.38. The summed E-state index contributed by atoms with van der Waals surface area (Å²) in [6.45, 7) is 1.29. The van der Waals surface area contributed by atoms with E-state index in [0.717, 1.165) is 11.8 Å². The predicted octanol–water partition coefficient (Wildman–Crippen LogP) is 2.77. The van der Waals surface area contributed by atoms with Crippen LogP contribution in [0.4, 0.5) is 24.7 Å². The van der Waals surface area contributed by atoms with Gasteiger partial charge in [0.1, 0.15) is 18.3 Å². The standard InChI is InChI=1S/C18H17F3N6O/c1-10-7-27-5-4-23-15(16(27)24-10)25-11-2-3-13(19)12(6-11)18(17(20)21)9-28-8-14(22)26-18/h2-7,17H,8-9H2,1H3,(H2,22,26)(H,23,25)/t18-/m1/s1. The van der Waals surface area contributed by atoms with Gasteiger partial charge in [0.05, 0.1) is 12.3 Å². The molecule has 0 fully saturated rings. The molecule has 0 radical (unpaired) electrons. The number of alkyl halides is 2. The lowest BCUT2D eigenvalue weighted by Crippen LogP contribution is -2.45. The molecule has 146 valence electrons. The summed E-state index contributed by atoms with van der Waals surface area (Å²) < 4.78 is 49.3. The molecule has 4 rings (SSSR count). The number of nitrogens with zero attached hydrogens (tertiary/aromatic N) is 4. The smallest absolute Gasteiger partial charge is 0.269 e. The van der Waals surface area contributed by atoms with Gasteiger partial charge in [0, 0.05) is 29.8 Å². The van der Waals surface area contributed by atoms with Gasteiger partial charge in [0.2, 0.25) is 0 Å². The molecule has 3 aromatic rings. The van der Waals surface area contributed by atoms with Gasteiger partial charge in [-0.15, -0.1) is 0 Å². The van der Waals surface area contributed by atoms with E-state index in [0.29, 0.717) is 17.2 Å². The van der Waals surface area contributed by atoms with E-state index in [-0.39, 0.29) is 18.0 Å². The Morgan fingerprint density at radius 1 is 1.36 bits per heavy atom. The lowest BCUT2D eigenvalue weighted by molar-refractivity contribution is -0.0145. The summed E-state index contributed by atoms with van der Waals surface area (Å²) in [6, 6.07) is 3.79. The molecule has 3 N–H and O–H groups in total. The molecular weight excluding hydrogens is 373 g/mol. The first-order chi connectivity index (χ1) is 13.4. The number of amidine groups is 1. The molecule has 0 unspecified atom stereocenters. The highest BCUT2D eigenvalue weighted by Gasteiger charge is 2.46. The summed E-state index contributed by atoms with van der Waals surface area (Å²) in [5.74, 6) is -0.526. The summed E-state index contributed by atoms with van der Waals surface area (Å²) in [6.07, 6.45) is 2.12. The average Bonchev–Trinajstić information content (AvgIpc) is 3.04. The second-order valence-electron chi connectivity index (χ2n) is 6.53. The third kappa shape index (κ3) is 3.05. The molecule has 1 aliphatic rings. The lowest BCUT2D eigenvalue weighted by Gasteiger charge is -2.33. The number of hydrogen-bond acceptors (Lipinski definition) is 6. The predicted molar refractivity (Wildman–Crippen MR) is 97.5 cm³/mol. The van der Waals surface area contributed by atoms with Crippen molar-refractivity contribution in [2.45, 2.75) is 18.9 Å². The van der Waals surface area contributed by atoms with Gasteiger partial charge < -0.3 is 20.2 Å². The molecule has 0 aliphatic carbocycles. The minimum Gasteiger partial charge on any atom is -0.385 e. The maximum absolute atomic E-state index is 14.5. The number of aromatic nitrogens is 3. The fraction of sp³-hybridized carbons (Fsp3) is 0.278. The molecule has 1 atom stereocenters. The Bertz CT molecular complexity index is 1070. The first kappa shape index (κ1) is 18.2. The van der Waals surface area contributed by atoms with E-state index in [1.165, 1.54) is 12.1 Å². The number of benzene rings is 1. The second-order valence-corrected chi connectivity index (χ2v) is 6.53. The van der Waals surface area contributed by atoms with E-state index in [1.807, 2.05) is 13.1 Å². The topological polar surface area (TPSA) is 89.8 Å². The van der Waals surface area contributed by atoms with Crippen molar-refractivity contribution in [3.05, 3.63) is 53.9 Å². The van der Waals surface area contributed by atoms with Crippen LogP contribution in [0.2, 0.25) is 0 Å². The van der Waals surface area contributed by atoms with E-state index in [9.17, 15) is 13.2 Å². The van der Waals surface area contributed by atoms with Crippen molar-refractivity contribution in [1.82, 2.24) is 14.4 Å². The number of halogens is 3. The lowest BCUT2D eigenvalue weighted by atomic mass is 9.90. The Hall–Kier alpha value is -3.14. The van der Waals surface area contributed by atoms with Crippen LogP contribution < -0.4 is 11.1 Å². The maximum Gasteiger partial charge on any atom is 0.269 e. The van der Waals surface area contributed by atoms with E-state index in [4.69, 9.17) is 10.5 Å². The Labute approximate surface area is 158 Å². The van der Waals surface area contributed by atoms with E-state index in [2.05, 4.69) is 20.3 Å². The maximum atomic E-state index is 14.5. The number of fused-ring (bicyclic) bond motifs is 1. The van der Waals surface area contributed by atoms with Crippen LogP contribution in [0, 0.1) is 12.7 Å². The number of aliphatic imine (C=N–C) groups is 1. The number of imidazole rings is 1. The number of ether oxygens (including phenoxy) is 1. The van der Waals surface area contributed by atoms with Crippen LogP contribution in [0.25, 0.3) is 5.65 Å². The number of rotatable bonds is 4. The Kier molecular flexibility index (Phi) is 4.42. The highest BCUT2D eigenvalue weighted by atomic mass is 19.3. The highest BCUT2D eigenvalue weighted by molar-refractivity contribution is 5.83. The van der Waals surface area contributed by atoms with Gasteiger partial charge in [0.25, 0.3) is 6.43 Å². The van der Waals surface area contributed by atoms with Crippen molar-refractivity contribution in [3.8, 4) is 0 Å². The van der Waals surface area contributed by atoms with Crippen LogP contribution in [-0.4, -0.2) is 39.8 Å². The molecule has 2 aromatic heterocycles. The van der Waals surface area contributed by atoms with Crippen molar-refractivity contribution in [2.75, 3.05) is 18.5 Å². The molecule has 1 aromatic carbocycles. The largest absolute Gasteiger partial charge is 0.385 e. The van der Waals surface area contributed by atoms with Gasteiger partial charge in [-0.25, -0.2) is 23.1 Å². The average molecular weight is 390 g/mol. The number of hydrogen-bond donors (Lipinski definition) is 2. The van der Waals surface area contributed by atoms with E-state index < -0.39 is 24.4 Å². The van der Waals surface area contributed by atoms with Crippen molar-refractivity contribution < 1.29 is 17.9 Å². The minimum atomic E-state index is -3.01. The Morgan fingerprint density at radius 3 is 2.93 bits per heavy atom. The van der Waals surface area contributed by atoms with Crippen LogP contribution in [0.3, 0.4) is 0 Å². The molecule has 10 heteroatoms. The zero-order valence-electron chi connectivity index (χ0n) is 14.9. The third-order valence-electron chi connectivity index (χ3n) is 4.47. The van der Waals surface area contributed by atoms with Crippen LogP contribution >= 0.6 is 0 Å². The van der Waals surface area contributed by atoms with Gasteiger partial charge in [-0.3, -0.25) is 4.99 Å². The van der Waals surface area contributed by atoms with Gasteiger partial charge in [-0.1, -0.05) is 0 Å². The molecule has 0 amide bonds. The Morgan fingerprint density at radius 2 is 2.18 bits per heavy atom.